The second kappa shape index (κ2) is 8.66. The van der Waals surface area contributed by atoms with Crippen molar-refractivity contribution in [1.82, 2.24) is 0 Å². The molecule has 0 bridgehead atoms. The molecule has 0 amide bonds. The second-order valence-corrected chi connectivity index (χ2v) is 6.87. The number of methoxy groups -OCH3 is 1. The number of esters is 1. The molecule has 148 valence electrons. The van der Waals surface area contributed by atoms with Crippen LogP contribution in [0, 0.1) is 5.82 Å². The summed E-state index contributed by atoms with van der Waals surface area (Å²) >= 11 is 0. The van der Waals surface area contributed by atoms with Crippen molar-refractivity contribution in [2.75, 3.05) is 11.4 Å². The van der Waals surface area contributed by atoms with Crippen LogP contribution >= 0.6 is 0 Å². The van der Waals surface area contributed by atoms with Gasteiger partial charge in [0.15, 0.2) is 0 Å². The fraction of sp³-hybridized carbons (Fsp3) is 0.0476. The molecule has 0 saturated heterocycles. The number of thiol groups is 1. The van der Waals surface area contributed by atoms with E-state index in [-0.39, 0.29) is 28.3 Å². The highest BCUT2D eigenvalue weighted by atomic mass is 32.2. The van der Waals surface area contributed by atoms with Crippen molar-refractivity contribution in [3.05, 3.63) is 83.7 Å². The maximum absolute atomic E-state index is 13.1. The third-order valence-electron chi connectivity index (χ3n) is 4.24. The largest absolute Gasteiger partial charge is 0.465 e. The van der Waals surface area contributed by atoms with E-state index in [4.69, 9.17) is 4.74 Å². The van der Waals surface area contributed by atoms with Crippen molar-refractivity contribution in [3.8, 4) is 11.1 Å². The molecule has 3 rings (SSSR count). The quantitative estimate of drug-likeness (QED) is 0.378. The van der Waals surface area contributed by atoms with Gasteiger partial charge < -0.3 is 4.74 Å². The van der Waals surface area contributed by atoms with Crippen LogP contribution in [0.15, 0.2) is 66.7 Å². The summed E-state index contributed by atoms with van der Waals surface area (Å²) < 4.78 is 42.8. The zero-order valence-corrected chi connectivity index (χ0v) is 16.1. The van der Waals surface area contributed by atoms with Gasteiger partial charge in [-0.2, -0.15) is 0 Å². The summed E-state index contributed by atoms with van der Waals surface area (Å²) in [5.74, 6) is -1.12. The fourth-order valence-electron chi connectivity index (χ4n) is 2.84. The van der Waals surface area contributed by atoms with Crippen LogP contribution in [0.5, 0.6) is 0 Å². The van der Waals surface area contributed by atoms with Crippen LogP contribution in [0.2, 0.25) is 0 Å². The van der Waals surface area contributed by atoms with Crippen LogP contribution in [0.3, 0.4) is 0 Å². The number of nitrogens with zero attached hydrogens (tertiary/aromatic N) is 1. The smallest absolute Gasteiger partial charge is 0.340 e. The molecule has 0 saturated carbocycles. The van der Waals surface area contributed by atoms with E-state index in [2.05, 4.69) is 0 Å². The van der Waals surface area contributed by atoms with Crippen LogP contribution in [0.4, 0.5) is 15.8 Å². The van der Waals surface area contributed by atoms with Gasteiger partial charge in [0.2, 0.25) is 10.9 Å². The summed E-state index contributed by atoms with van der Waals surface area (Å²) in [6.45, 7) is 0. The molecule has 0 aliphatic carbocycles. The number of halogens is 1. The van der Waals surface area contributed by atoms with E-state index in [0.29, 0.717) is 6.29 Å². The zero-order chi connectivity index (χ0) is 21.0. The van der Waals surface area contributed by atoms with Crippen molar-refractivity contribution in [2.24, 2.45) is 0 Å². The maximum atomic E-state index is 13.1. The minimum atomic E-state index is -3.16. The number of hydrogen-bond acceptors (Lipinski definition) is 5. The van der Waals surface area contributed by atoms with Crippen molar-refractivity contribution < 1.29 is 27.1 Å². The van der Waals surface area contributed by atoms with E-state index in [0.717, 1.165) is 15.4 Å². The lowest BCUT2D eigenvalue weighted by atomic mass is 10.0. The van der Waals surface area contributed by atoms with E-state index in [1.54, 1.807) is 36.4 Å². The average molecular weight is 413 g/mol. The van der Waals surface area contributed by atoms with Crippen LogP contribution in [-0.4, -0.2) is 27.8 Å². The number of carbonyl (C=O) groups is 2. The highest BCUT2D eigenvalue weighted by Crippen LogP contribution is 2.32. The number of benzene rings is 3. The number of anilines is 2. The topological polar surface area (TPSA) is 80.8 Å². The third kappa shape index (κ3) is 4.33. The van der Waals surface area contributed by atoms with Crippen LogP contribution in [0.25, 0.3) is 11.1 Å². The van der Waals surface area contributed by atoms with Gasteiger partial charge in [-0.25, -0.2) is 21.9 Å². The summed E-state index contributed by atoms with van der Waals surface area (Å²) in [5.41, 5.74) is 2.03. The standard InChI is InChI=1S/C21H16FNO5S/c1-28-21(25)19-12-14(13-24)2-11-20(19)23(29(26)27)18-9-5-16(6-10-18)15-3-7-17(22)8-4-15/h2-13,29H,1H3. The minimum Gasteiger partial charge on any atom is -0.465 e. The number of ether oxygens (including phenoxy) is 1. The summed E-state index contributed by atoms with van der Waals surface area (Å²) in [5, 5.41) is 0. The molecule has 0 heterocycles. The molecular formula is C21H16FNO5S. The summed E-state index contributed by atoms with van der Waals surface area (Å²) in [4.78, 5) is 23.2. The Bertz CT molecular complexity index is 1120. The molecule has 0 spiro atoms. The minimum absolute atomic E-state index is 0.0566. The van der Waals surface area contributed by atoms with Gasteiger partial charge in [0.1, 0.15) is 12.1 Å². The lowest BCUT2D eigenvalue weighted by molar-refractivity contribution is 0.0601. The molecular weight excluding hydrogens is 397 g/mol. The lowest BCUT2D eigenvalue weighted by Crippen LogP contribution is -2.18. The maximum Gasteiger partial charge on any atom is 0.340 e. The molecule has 0 N–H and O–H groups in total. The van der Waals surface area contributed by atoms with E-state index in [9.17, 15) is 22.4 Å². The molecule has 0 unspecified atom stereocenters. The molecule has 0 aliphatic rings. The summed E-state index contributed by atoms with van der Waals surface area (Å²) in [7, 11) is -1.99. The van der Waals surface area contributed by atoms with E-state index in [1.807, 2.05) is 0 Å². The Labute approximate surface area is 168 Å². The summed E-state index contributed by atoms with van der Waals surface area (Å²) in [6, 6.07) is 16.5. The number of carbonyl (C=O) groups excluding carboxylic acids is 2. The van der Waals surface area contributed by atoms with Gasteiger partial charge in [0.25, 0.3) is 0 Å². The number of rotatable bonds is 6. The first-order chi connectivity index (χ1) is 13.9. The number of hydrogen-bond donors (Lipinski definition) is 1. The SMILES string of the molecule is COC(=O)c1cc(C=O)ccc1N(c1ccc(-c2ccc(F)cc2)cc1)[SH](=O)=O. The van der Waals surface area contributed by atoms with Gasteiger partial charge in [0, 0.05) is 5.56 Å². The molecule has 3 aromatic carbocycles. The summed E-state index contributed by atoms with van der Waals surface area (Å²) in [6.07, 6.45) is 0.551. The molecule has 0 aliphatic heterocycles. The van der Waals surface area contributed by atoms with Crippen LogP contribution in [0.1, 0.15) is 20.7 Å². The Morgan fingerprint density at radius 3 is 2.07 bits per heavy atom. The van der Waals surface area contributed by atoms with E-state index < -0.39 is 16.9 Å². The van der Waals surface area contributed by atoms with Gasteiger partial charge in [-0.3, -0.25) is 4.79 Å². The molecule has 8 heteroatoms. The van der Waals surface area contributed by atoms with Gasteiger partial charge in [0.05, 0.1) is 24.0 Å². The predicted octanol–water partition coefficient (Wildman–Crippen LogP) is 3.76. The number of aldehydes is 1. The van der Waals surface area contributed by atoms with E-state index >= 15 is 0 Å². The molecule has 0 radical (unpaired) electrons. The molecule has 29 heavy (non-hydrogen) atoms. The van der Waals surface area contributed by atoms with Crippen LogP contribution < -0.4 is 4.31 Å². The Kier molecular flexibility index (Phi) is 6.04. The monoisotopic (exact) mass is 413 g/mol. The normalized spacial score (nSPS) is 10.6. The van der Waals surface area contributed by atoms with Gasteiger partial charge in [-0.1, -0.05) is 24.3 Å². The Balaban J connectivity index is 2.06. The Morgan fingerprint density at radius 1 is 0.966 bits per heavy atom. The average Bonchev–Trinajstić information content (AvgIpc) is 2.74. The molecule has 3 aromatic rings. The first kappa shape index (κ1) is 20.2. The van der Waals surface area contributed by atoms with Crippen molar-refractivity contribution in [2.45, 2.75) is 0 Å². The first-order valence-electron chi connectivity index (χ1n) is 8.42. The highest BCUT2D eigenvalue weighted by Gasteiger charge is 2.21. The van der Waals surface area contributed by atoms with Gasteiger partial charge >= 0.3 is 5.97 Å². The fourth-order valence-corrected chi connectivity index (χ4v) is 3.52. The first-order valence-corrected chi connectivity index (χ1v) is 9.55. The predicted molar refractivity (Wildman–Crippen MR) is 107 cm³/mol. The second-order valence-electron chi connectivity index (χ2n) is 5.99. The lowest BCUT2D eigenvalue weighted by Gasteiger charge is -2.21. The highest BCUT2D eigenvalue weighted by molar-refractivity contribution is 7.74. The third-order valence-corrected chi connectivity index (χ3v) is 5.02. The molecule has 6 nitrogen and oxygen atoms in total. The zero-order valence-electron chi connectivity index (χ0n) is 15.2. The Hall–Kier alpha value is -3.52. The van der Waals surface area contributed by atoms with E-state index in [1.165, 1.54) is 37.4 Å². The Morgan fingerprint density at radius 2 is 1.55 bits per heavy atom. The van der Waals surface area contributed by atoms with Crippen LogP contribution in [-0.2, 0) is 15.6 Å². The van der Waals surface area contributed by atoms with Crippen molar-refractivity contribution in [3.63, 3.8) is 0 Å². The molecule has 0 atom stereocenters. The molecule has 0 fully saturated rings. The van der Waals surface area contributed by atoms with Gasteiger partial charge in [-0.15, -0.1) is 0 Å². The van der Waals surface area contributed by atoms with Gasteiger partial charge in [-0.05, 0) is 53.6 Å². The van der Waals surface area contributed by atoms with Crippen molar-refractivity contribution >= 4 is 34.5 Å². The van der Waals surface area contributed by atoms with Crippen molar-refractivity contribution in [1.29, 1.82) is 0 Å². The molecule has 0 aromatic heterocycles.